The molecule has 0 saturated carbocycles. The molecule has 128 valence electrons. The molecule has 4 nitrogen and oxygen atoms in total. The van der Waals surface area contributed by atoms with Crippen molar-refractivity contribution in [2.45, 2.75) is 53.6 Å². The Labute approximate surface area is 144 Å². The SMILES string of the molecule is Cc1cc(N)nc(C)c1-c1ccccc1C(=O)N(C(C)C)C(C)C. The average molecular weight is 325 g/mol. The van der Waals surface area contributed by atoms with E-state index in [2.05, 4.69) is 4.98 Å². The molecule has 0 aliphatic heterocycles. The summed E-state index contributed by atoms with van der Waals surface area (Å²) in [5.74, 6) is 0.551. The van der Waals surface area contributed by atoms with Crippen LogP contribution >= 0.6 is 0 Å². The minimum absolute atomic E-state index is 0.0474. The summed E-state index contributed by atoms with van der Waals surface area (Å²) in [6.45, 7) is 12.1. The van der Waals surface area contributed by atoms with E-state index >= 15 is 0 Å². The molecule has 0 radical (unpaired) electrons. The van der Waals surface area contributed by atoms with E-state index in [4.69, 9.17) is 5.73 Å². The quantitative estimate of drug-likeness (QED) is 0.916. The molecule has 0 fully saturated rings. The third-order valence-corrected chi connectivity index (χ3v) is 4.19. The van der Waals surface area contributed by atoms with Gasteiger partial charge in [-0.3, -0.25) is 4.79 Å². The zero-order valence-corrected chi connectivity index (χ0v) is 15.4. The summed E-state index contributed by atoms with van der Waals surface area (Å²) >= 11 is 0. The van der Waals surface area contributed by atoms with Crippen LogP contribution in [0.25, 0.3) is 11.1 Å². The Morgan fingerprint density at radius 2 is 1.67 bits per heavy atom. The van der Waals surface area contributed by atoms with Crippen molar-refractivity contribution in [3.8, 4) is 11.1 Å². The summed E-state index contributed by atoms with van der Waals surface area (Å²) in [6, 6.07) is 9.87. The second-order valence-corrected chi connectivity index (χ2v) is 6.77. The molecule has 0 aliphatic carbocycles. The van der Waals surface area contributed by atoms with E-state index in [-0.39, 0.29) is 18.0 Å². The number of anilines is 1. The van der Waals surface area contributed by atoms with Gasteiger partial charge in [-0.15, -0.1) is 0 Å². The zero-order valence-electron chi connectivity index (χ0n) is 15.4. The van der Waals surface area contributed by atoms with Crippen LogP contribution in [-0.4, -0.2) is 27.9 Å². The Balaban J connectivity index is 2.63. The fourth-order valence-corrected chi connectivity index (χ4v) is 3.36. The number of benzene rings is 1. The van der Waals surface area contributed by atoms with Crippen LogP contribution in [0.1, 0.15) is 49.3 Å². The van der Waals surface area contributed by atoms with Gasteiger partial charge in [-0.1, -0.05) is 18.2 Å². The molecule has 2 aromatic rings. The Hall–Kier alpha value is -2.36. The maximum absolute atomic E-state index is 13.2. The molecular formula is C20H27N3O. The van der Waals surface area contributed by atoms with Gasteiger partial charge in [-0.05, 0) is 64.8 Å². The third kappa shape index (κ3) is 3.42. The zero-order chi connectivity index (χ0) is 18.0. The summed E-state index contributed by atoms with van der Waals surface area (Å²) in [5.41, 5.74) is 10.3. The van der Waals surface area contributed by atoms with Crippen LogP contribution in [0.4, 0.5) is 5.82 Å². The molecule has 0 aliphatic rings. The monoisotopic (exact) mass is 325 g/mol. The normalized spacial score (nSPS) is 11.2. The second-order valence-electron chi connectivity index (χ2n) is 6.77. The number of nitrogens with two attached hydrogens (primary N) is 1. The van der Waals surface area contributed by atoms with Crippen LogP contribution in [0, 0.1) is 13.8 Å². The van der Waals surface area contributed by atoms with Crippen molar-refractivity contribution in [1.82, 2.24) is 9.88 Å². The third-order valence-electron chi connectivity index (χ3n) is 4.19. The Morgan fingerprint density at radius 3 is 2.21 bits per heavy atom. The maximum atomic E-state index is 13.2. The van der Waals surface area contributed by atoms with E-state index in [0.29, 0.717) is 11.4 Å². The minimum atomic E-state index is 0.0474. The summed E-state index contributed by atoms with van der Waals surface area (Å²) in [4.78, 5) is 19.5. The molecule has 24 heavy (non-hydrogen) atoms. The second kappa shape index (κ2) is 7.04. The lowest BCUT2D eigenvalue weighted by Gasteiger charge is -2.31. The number of nitrogens with zero attached hydrogens (tertiary/aromatic N) is 2. The van der Waals surface area contributed by atoms with E-state index in [1.165, 1.54) is 0 Å². The smallest absolute Gasteiger partial charge is 0.254 e. The molecule has 4 heteroatoms. The predicted molar refractivity (Wildman–Crippen MR) is 100 cm³/mol. The highest BCUT2D eigenvalue weighted by Gasteiger charge is 2.25. The highest BCUT2D eigenvalue weighted by molar-refractivity contribution is 6.01. The van der Waals surface area contributed by atoms with Gasteiger partial charge in [0, 0.05) is 28.9 Å². The van der Waals surface area contributed by atoms with E-state index in [0.717, 1.165) is 22.4 Å². The largest absolute Gasteiger partial charge is 0.384 e. The van der Waals surface area contributed by atoms with Gasteiger partial charge < -0.3 is 10.6 Å². The van der Waals surface area contributed by atoms with Gasteiger partial charge in [0.05, 0.1) is 0 Å². The van der Waals surface area contributed by atoms with Gasteiger partial charge in [0.2, 0.25) is 0 Å². The number of rotatable bonds is 4. The molecule has 0 spiro atoms. The molecular weight excluding hydrogens is 298 g/mol. The molecule has 1 aromatic heterocycles. The fraction of sp³-hybridized carbons (Fsp3) is 0.400. The van der Waals surface area contributed by atoms with Crippen LogP contribution < -0.4 is 5.73 Å². The van der Waals surface area contributed by atoms with Crippen molar-refractivity contribution in [1.29, 1.82) is 0 Å². The first kappa shape index (κ1) is 18.0. The van der Waals surface area contributed by atoms with Gasteiger partial charge in [0.15, 0.2) is 0 Å². The molecule has 2 N–H and O–H groups in total. The highest BCUT2D eigenvalue weighted by atomic mass is 16.2. The maximum Gasteiger partial charge on any atom is 0.254 e. The predicted octanol–water partition coefficient (Wildman–Crippen LogP) is 4.21. The van der Waals surface area contributed by atoms with Gasteiger partial charge in [-0.2, -0.15) is 0 Å². The Morgan fingerprint density at radius 1 is 1.08 bits per heavy atom. The first-order valence-corrected chi connectivity index (χ1v) is 8.39. The summed E-state index contributed by atoms with van der Waals surface area (Å²) in [5, 5.41) is 0. The van der Waals surface area contributed by atoms with E-state index in [9.17, 15) is 4.79 Å². The summed E-state index contributed by atoms with van der Waals surface area (Å²) in [6.07, 6.45) is 0. The number of hydrogen-bond acceptors (Lipinski definition) is 3. The molecule has 2 rings (SSSR count). The molecule has 1 heterocycles. The molecule has 0 saturated heterocycles. The van der Waals surface area contributed by atoms with Crippen molar-refractivity contribution in [3.63, 3.8) is 0 Å². The first-order chi connectivity index (χ1) is 11.2. The number of amides is 1. The Kier molecular flexibility index (Phi) is 5.27. The van der Waals surface area contributed by atoms with E-state index in [1.807, 2.05) is 76.8 Å². The minimum Gasteiger partial charge on any atom is -0.384 e. The highest BCUT2D eigenvalue weighted by Crippen LogP contribution is 2.31. The number of aryl methyl sites for hydroxylation is 2. The van der Waals surface area contributed by atoms with Crippen LogP contribution in [0.15, 0.2) is 30.3 Å². The molecule has 0 atom stereocenters. The number of hydrogen-bond donors (Lipinski definition) is 1. The van der Waals surface area contributed by atoms with Crippen molar-refractivity contribution in [3.05, 3.63) is 47.2 Å². The standard InChI is InChI=1S/C20H27N3O/c1-12(2)23(13(3)4)20(24)17-10-8-7-9-16(17)19-14(5)11-18(21)22-15(19)6/h7-13H,1-6H3,(H2,21,22). The van der Waals surface area contributed by atoms with Gasteiger partial charge >= 0.3 is 0 Å². The summed E-state index contributed by atoms with van der Waals surface area (Å²) < 4.78 is 0. The number of nitrogen functional groups attached to an aromatic ring is 1. The van der Waals surface area contributed by atoms with E-state index in [1.54, 1.807) is 0 Å². The number of carbonyl (C=O) groups is 1. The number of aromatic nitrogens is 1. The lowest BCUT2D eigenvalue weighted by molar-refractivity contribution is 0.0644. The van der Waals surface area contributed by atoms with Crippen LogP contribution in [0.5, 0.6) is 0 Å². The van der Waals surface area contributed by atoms with Crippen molar-refractivity contribution >= 4 is 11.7 Å². The van der Waals surface area contributed by atoms with Crippen molar-refractivity contribution < 1.29 is 4.79 Å². The van der Waals surface area contributed by atoms with Crippen LogP contribution in [0.3, 0.4) is 0 Å². The number of pyridine rings is 1. The van der Waals surface area contributed by atoms with Crippen LogP contribution in [-0.2, 0) is 0 Å². The fourth-order valence-electron chi connectivity index (χ4n) is 3.36. The first-order valence-electron chi connectivity index (χ1n) is 8.39. The molecule has 0 bridgehead atoms. The summed E-state index contributed by atoms with van der Waals surface area (Å²) in [7, 11) is 0. The molecule has 0 unspecified atom stereocenters. The molecule has 1 amide bonds. The average Bonchev–Trinajstić information content (AvgIpc) is 2.45. The van der Waals surface area contributed by atoms with Crippen LogP contribution in [0.2, 0.25) is 0 Å². The van der Waals surface area contributed by atoms with Gasteiger partial charge in [0.25, 0.3) is 5.91 Å². The Bertz CT molecular complexity index is 719. The van der Waals surface area contributed by atoms with Gasteiger partial charge in [0.1, 0.15) is 5.82 Å². The topological polar surface area (TPSA) is 59.2 Å². The lowest BCUT2D eigenvalue weighted by Crippen LogP contribution is -2.42. The lowest BCUT2D eigenvalue weighted by atomic mass is 9.94. The van der Waals surface area contributed by atoms with Gasteiger partial charge in [-0.25, -0.2) is 4.98 Å². The van der Waals surface area contributed by atoms with E-state index < -0.39 is 0 Å². The van der Waals surface area contributed by atoms with Crippen molar-refractivity contribution in [2.24, 2.45) is 0 Å². The van der Waals surface area contributed by atoms with Crippen molar-refractivity contribution in [2.75, 3.05) is 5.73 Å². The number of carbonyl (C=O) groups excluding carboxylic acids is 1. The molecule has 1 aromatic carbocycles.